The molecule has 0 saturated carbocycles. The van der Waals surface area contributed by atoms with Crippen molar-refractivity contribution < 1.29 is 14.3 Å². The van der Waals surface area contributed by atoms with Gasteiger partial charge in [0, 0.05) is 53.4 Å². The lowest BCUT2D eigenvalue weighted by Crippen LogP contribution is -2.27. The van der Waals surface area contributed by atoms with Gasteiger partial charge in [-0.3, -0.25) is 14.8 Å². The summed E-state index contributed by atoms with van der Waals surface area (Å²) in [5, 5.41) is 11.4. The summed E-state index contributed by atoms with van der Waals surface area (Å²) < 4.78 is 7.16. The molecule has 242 valence electrons. The second-order valence-electron chi connectivity index (χ2n) is 13.0. The number of nitrogens with one attached hydrogen (secondary N) is 3. The molecule has 0 radical (unpaired) electrons. The molecule has 0 aliphatic carbocycles. The summed E-state index contributed by atoms with van der Waals surface area (Å²) in [6, 6.07) is 21.3. The highest BCUT2D eigenvalue weighted by Crippen LogP contribution is 2.40. The van der Waals surface area contributed by atoms with Gasteiger partial charge in [-0.25, -0.2) is 14.8 Å². The van der Waals surface area contributed by atoms with Crippen molar-refractivity contribution in [3.05, 3.63) is 102 Å². The van der Waals surface area contributed by atoms with Gasteiger partial charge in [0.05, 0.1) is 23.4 Å². The second kappa shape index (κ2) is 11.7. The smallest absolute Gasteiger partial charge is 0.412 e. The standard InChI is InChI=1S/C37H36N8O3/c1-21-18-39-35(41-31-17-22(2)44(6)43-31)42-32(21)28-19-38-33-26(28)10-8-12-30(33)45-20-29-25(9-7-11-27(29)34(45)46)23-13-15-24(16-14-23)40-36(47)48-37(3,4)5/h7-19,38H,20H2,1-6H3,(H,40,47)(H,39,41,42,43). The van der Waals surface area contributed by atoms with Crippen molar-refractivity contribution in [1.29, 1.82) is 0 Å². The van der Waals surface area contributed by atoms with Crippen LogP contribution in [0.1, 0.15) is 48.0 Å². The number of anilines is 4. The Morgan fingerprint density at radius 1 is 0.979 bits per heavy atom. The highest BCUT2D eigenvalue weighted by Gasteiger charge is 2.32. The van der Waals surface area contributed by atoms with Crippen LogP contribution in [0.2, 0.25) is 0 Å². The zero-order valence-corrected chi connectivity index (χ0v) is 27.7. The van der Waals surface area contributed by atoms with Crippen LogP contribution in [-0.4, -0.2) is 42.3 Å². The number of rotatable bonds is 6. The summed E-state index contributed by atoms with van der Waals surface area (Å²) in [5.74, 6) is 1.06. The third kappa shape index (κ3) is 5.74. The van der Waals surface area contributed by atoms with Gasteiger partial charge in [-0.05, 0) is 81.1 Å². The van der Waals surface area contributed by atoms with Crippen molar-refractivity contribution in [2.75, 3.05) is 15.5 Å². The summed E-state index contributed by atoms with van der Waals surface area (Å²) >= 11 is 0. The lowest BCUT2D eigenvalue weighted by Gasteiger charge is -2.19. The fraction of sp³-hybridized carbons (Fsp3) is 0.216. The molecule has 0 bridgehead atoms. The largest absolute Gasteiger partial charge is 0.444 e. The van der Waals surface area contributed by atoms with Crippen LogP contribution in [0.15, 0.2) is 79.1 Å². The Kier molecular flexibility index (Phi) is 7.46. The molecule has 11 heteroatoms. The average Bonchev–Trinajstić information content (AvgIpc) is 3.72. The minimum absolute atomic E-state index is 0.0610. The Hall–Kier alpha value is -5.97. The molecule has 2 amide bonds. The third-order valence-corrected chi connectivity index (χ3v) is 8.37. The lowest BCUT2D eigenvalue weighted by molar-refractivity contribution is 0.0635. The number of nitrogens with zero attached hydrogens (tertiary/aromatic N) is 5. The number of hydrogen-bond acceptors (Lipinski definition) is 7. The predicted octanol–water partition coefficient (Wildman–Crippen LogP) is 7.89. The molecule has 0 unspecified atom stereocenters. The highest BCUT2D eigenvalue weighted by atomic mass is 16.6. The molecule has 0 saturated heterocycles. The van der Waals surface area contributed by atoms with Gasteiger partial charge in [-0.1, -0.05) is 36.4 Å². The van der Waals surface area contributed by atoms with Crippen LogP contribution < -0.4 is 15.5 Å². The van der Waals surface area contributed by atoms with Crippen molar-refractivity contribution >= 4 is 46.0 Å². The SMILES string of the molecule is Cc1cnc(Nc2cc(C)n(C)n2)nc1-c1c[nH]c2c(N3Cc4c(cccc4-c4ccc(NC(=O)OC(C)(C)C)cc4)C3=O)cccc12. The van der Waals surface area contributed by atoms with Crippen molar-refractivity contribution in [1.82, 2.24) is 24.7 Å². The molecule has 11 nitrogen and oxygen atoms in total. The average molecular weight is 641 g/mol. The topological polar surface area (TPSA) is 130 Å². The first-order valence-corrected chi connectivity index (χ1v) is 15.7. The van der Waals surface area contributed by atoms with Gasteiger partial charge in [0.25, 0.3) is 5.91 Å². The molecule has 3 aromatic carbocycles. The van der Waals surface area contributed by atoms with E-state index in [9.17, 15) is 9.59 Å². The first-order valence-electron chi connectivity index (χ1n) is 15.7. The van der Waals surface area contributed by atoms with Crippen molar-refractivity contribution in [3.8, 4) is 22.4 Å². The maximum atomic E-state index is 13.9. The number of fused-ring (bicyclic) bond motifs is 2. The van der Waals surface area contributed by atoms with E-state index in [2.05, 4.69) is 25.7 Å². The fourth-order valence-electron chi connectivity index (χ4n) is 6.02. The van der Waals surface area contributed by atoms with Gasteiger partial charge in [-0.15, -0.1) is 0 Å². The first-order chi connectivity index (χ1) is 22.9. The van der Waals surface area contributed by atoms with E-state index >= 15 is 0 Å². The molecular weight excluding hydrogens is 604 g/mol. The van der Waals surface area contributed by atoms with Crippen LogP contribution in [0.5, 0.6) is 0 Å². The Bertz CT molecular complexity index is 2190. The van der Waals surface area contributed by atoms with E-state index in [4.69, 9.17) is 9.72 Å². The number of benzene rings is 3. The normalized spacial score (nSPS) is 12.8. The molecule has 0 spiro atoms. The van der Waals surface area contributed by atoms with Gasteiger partial charge < -0.3 is 19.9 Å². The van der Waals surface area contributed by atoms with Crippen LogP contribution >= 0.6 is 0 Å². The Morgan fingerprint density at radius 2 is 1.73 bits per heavy atom. The molecule has 0 atom stereocenters. The number of hydrogen-bond donors (Lipinski definition) is 3. The van der Waals surface area contributed by atoms with Crippen molar-refractivity contribution in [3.63, 3.8) is 0 Å². The van der Waals surface area contributed by atoms with Crippen molar-refractivity contribution in [2.24, 2.45) is 7.05 Å². The monoisotopic (exact) mass is 640 g/mol. The minimum Gasteiger partial charge on any atom is -0.444 e. The molecule has 4 heterocycles. The number of carbonyl (C=O) groups excluding carboxylic acids is 2. The van der Waals surface area contributed by atoms with E-state index in [1.54, 1.807) is 10.9 Å². The van der Waals surface area contributed by atoms with Gasteiger partial charge in [0.2, 0.25) is 5.95 Å². The number of aromatic amines is 1. The second-order valence-corrected chi connectivity index (χ2v) is 13.0. The summed E-state index contributed by atoms with van der Waals surface area (Å²) in [5.41, 5.74) is 8.84. The summed E-state index contributed by atoms with van der Waals surface area (Å²) in [6.07, 6.45) is 3.22. The molecule has 6 aromatic rings. The van der Waals surface area contributed by atoms with E-state index in [-0.39, 0.29) is 5.91 Å². The molecular formula is C37H36N8O3. The van der Waals surface area contributed by atoms with E-state index in [0.29, 0.717) is 29.6 Å². The van der Waals surface area contributed by atoms with Gasteiger partial charge in [0.1, 0.15) is 5.60 Å². The molecule has 0 fully saturated rings. The number of amides is 2. The molecule has 7 rings (SSSR count). The summed E-state index contributed by atoms with van der Waals surface area (Å²) in [7, 11) is 1.89. The zero-order chi connectivity index (χ0) is 33.7. The lowest BCUT2D eigenvalue weighted by atomic mass is 9.97. The zero-order valence-electron chi connectivity index (χ0n) is 27.7. The van der Waals surface area contributed by atoms with Crippen LogP contribution in [-0.2, 0) is 18.3 Å². The molecule has 3 N–H and O–H groups in total. The van der Waals surface area contributed by atoms with Crippen molar-refractivity contribution in [2.45, 2.75) is 46.8 Å². The Morgan fingerprint density at radius 3 is 2.46 bits per heavy atom. The number of ether oxygens (including phenoxy) is 1. The van der Waals surface area contributed by atoms with E-state index < -0.39 is 11.7 Å². The van der Waals surface area contributed by atoms with Crippen LogP contribution in [0, 0.1) is 13.8 Å². The molecule has 48 heavy (non-hydrogen) atoms. The molecule has 1 aliphatic heterocycles. The van der Waals surface area contributed by atoms with Gasteiger partial charge in [0.15, 0.2) is 5.82 Å². The van der Waals surface area contributed by atoms with Crippen LogP contribution in [0.25, 0.3) is 33.3 Å². The minimum atomic E-state index is -0.589. The van der Waals surface area contributed by atoms with E-state index in [0.717, 1.165) is 55.8 Å². The number of para-hydroxylation sites is 1. The maximum Gasteiger partial charge on any atom is 0.412 e. The number of aryl methyl sites for hydroxylation is 3. The first kappa shape index (κ1) is 30.7. The van der Waals surface area contributed by atoms with Crippen LogP contribution in [0.4, 0.5) is 27.9 Å². The maximum absolute atomic E-state index is 13.9. The Balaban J connectivity index is 1.17. The molecule has 3 aromatic heterocycles. The van der Waals surface area contributed by atoms with Gasteiger partial charge in [-0.2, -0.15) is 5.10 Å². The highest BCUT2D eigenvalue weighted by molar-refractivity contribution is 6.15. The van der Waals surface area contributed by atoms with Crippen LogP contribution in [0.3, 0.4) is 0 Å². The quantitative estimate of drug-likeness (QED) is 0.169. The number of carbonyl (C=O) groups is 2. The summed E-state index contributed by atoms with van der Waals surface area (Å²) in [4.78, 5) is 40.7. The molecule has 1 aliphatic rings. The fourth-order valence-corrected chi connectivity index (χ4v) is 6.02. The predicted molar refractivity (Wildman–Crippen MR) is 188 cm³/mol. The summed E-state index contributed by atoms with van der Waals surface area (Å²) in [6.45, 7) is 9.85. The Labute approximate surface area is 278 Å². The number of H-pyrrole nitrogens is 1. The number of aromatic nitrogens is 5. The third-order valence-electron chi connectivity index (χ3n) is 8.37. The van der Waals surface area contributed by atoms with Gasteiger partial charge >= 0.3 is 6.09 Å². The van der Waals surface area contributed by atoms with E-state index in [1.165, 1.54) is 0 Å². The van der Waals surface area contributed by atoms with E-state index in [1.807, 2.05) is 119 Å².